The standard InChI is InChI=1S/C11H15ClN2O/c1-2-5-14(6-7-15)9-11-4-3-10(12)8-13-11/h2-4,8,15H,1,5-7,9H2. The van der Waals surface area contributed by atoms with Crippen LogP contribution in [-0.2, 0) is 6.54 Å². The van der Waals surface area contributed by atoms with Crippen molar-refractivity contribution in [3.8, 4) is 0 Å². The van der Waals surface area contributed by atoms with Gasteiger partial charge in [0, 0.05) is 25.8 Å². The molecule has 0 aliphatic rings. The molecule has 82 valence electrons. The van der Waals surface area contributed by atoms with Crippen molar-refractivity contribution in [3.63, 3.8) is 0 Å². The predicted molar refractivity (Wildman–Crippen MR) is 61.8 cm³/mol. The van der Waals surface area contributed by atoms with Crippen LogP contribution in [0.3, 0.4) is 0 Å². The van der Waals surface area contributed by atoms with Gasteiger partial charge in [0.25, 0.3) is 0 Å². The van der Waals surface area contributed by atoms with E-state index in [1.54, 1.807) is 6.20 Å². The fourth-order valence-electron chi connectivity index (χ4n) is 1.29. The first-order chi connectivity index (χ1) is 7.26. The van der Waals surface area contributed by atoms with Gasteiger partial charge in [-0.05, 0) is 12.1 Å². The van der Waals surface area contributed by atoms with Crippen molar-refractivity contribution in [3.05, 3.63) is 41.7 Å². The third-order valence-electron chi connectivity index (χ3n) is 1.98. The van der Waals surface area contributed by atoms with Crippen LogP contribution < -0.4 is 0 Å². The Balaban J connectivity index is 2.56. The number of hydrogen-bond donors (Lipinski definition) is 1. The van der Waals surface area contributed by atoms with Crippen LogP contribution in [0.25, 0.3) is 0 Å². The molecular formula is C11H15ClN2O. The van der Waals surface area contributed by atoms with Crippen molar-refractivity contribution in [1.82, 2.24) is 9.88 Å². The largest absolute Gasteiger partial charge is 0.395 e. The van der Waals surface area contributed by atoms with Crippen LogP contribution in [0, 0.1) is 0 Å². The van der Waals surface area contributed by atoms with Crippen molar-refractivity contribution < 1.29 is 5.11 Å². The lowest BCUT2D eigenvalue weighted by Crippen LogP contribution is -2.26. The number of halogens is 1. The number of rotatable bonds is 6. The average molecular weight is 227 g/mol. The molecule has 0 aromatic carbocycles. The van der Waals surface area contributed by atoms with E-state index in [0.29, 0.717) is 18.1 Å². The van der Waals surface area contributed by atoms with Gasteiger partial charge in [-0.2, -0.15) is 0 Å². The Morgan fingerprint density at radius 3 is 2.87 bits per heavy atom. The van der Waals surface area contributed by atoms with Gasteiger partial charge < -0.3 is 5.11 Å². The molecule has 1 aromatic rings. The first-order valence-electron chi connectivity index (χ1n) is 4.81. The maximum absolute atomic E-state index is 8.87. The summed E-state index contributed by atoms with van der Waals surface area (Å²) in [5.74, 6) is 0. The van der Waals surface area contributed by atoms with Gasteiger partial charge in [0.15, 0.2) is 0 Å². The van der Waals surface area contributed by atoms with Gasteiger partial charge >= 0.3 is 0 Å². The van der Waals surface area contributed by atoms with Crippen molar-refractivity contribution in [2.45, 2.75) is 6.54 Å². The Kier molecular flexibility index (Phi) is 5.32. The molecule has 0 radical (unpaired) electrons. The number of pyridine rings is 1. The molecule has 0 fully saturated rings. The van der Waals surface area contributed by atoms with E-state index in [4.69, 9.17) is 16.7 Å². The second-order valence-electron chi connectivity index (χ2n) is 3.22. The molecule has 0 unspecified atom stereocenters. The number of aliphatic hydroxyl groups excluding tert-OH is 1. The van der Waals surface area contributed by atoms with Crippen LogP contribution in [0.15, 0.2) is 31.0 Å². The highest BCUT2D eigenvalue weighted by molar-refractivity contribution is 6.30. The van der Waals surface area contributed by atoms with Crippen molar-refractivity contribution in [1.29, 1.82) is 0 Å². The maximum atomic E-state index is 8.87. The summed E-state index contributed by atoms with van der Waals surface area (Å²) in [7, 11) is 0. The lowest BCUT2D eigenvalue weighted by atomic mass is 10.3. The summed E-state index contributed by atoms with van der Waals surface area (Å²) in [6.07, 6.45) is 3.44. The zero-order chi connectivity index (χ0) is 11.1. The molecule has 1 heterocycles. The molecule has 0 spiro atoms. The highest BCUT2D eigenvalue weighted by Gasteiger charge is 2.04. The lowest BCUT2D eigenvalue weighted by molar-refractivity contribution is 0.202. The summed E-state index contributed by atoms with van der Waals surface area (Å²) in [5, 5.41) is 9.50. The monoisotopic (exact) mass is 226 g/mol. The summed E-state index contributed by atoms with van der Waals surface area (Å²) in [5.41, 5.74) is 0.940. The molecule has 0 bridgehead atoms. The van der Waals surface area contributed by atoms with Crippen LogP contribution in [0.5, 0.6) is 0 Å². The molecule has 15 heavy (non-hydrogen) atoms. The minimum absolute atomic E-state index is 0.140. The molecule has 1 aromatic heterocycles. The topological polar surface area (TPSA) is 36.4 Å². The Bertz CT molecular complexity index is 300. The lowest BCUT2D eigenvalue weighted by Gasteiger charge is -2.18. The second kappa shape index (κ2) is 6.56. The quantitative estimate of drug-likeness (QED) is 0.751. The molecule has 0 amide bonds. The molecule has 4 heteroatoms. The zero-order valence-corrected chi connectivity index (χ0v) is 9.32. The molecule has 0 aliphatic carbocycles. The molecule has 0 aliphatic heterocycles. The van der Waals surface area contributed by atoms with Crippen LogP contribution in [0.1, 0.15) is 5.69 Å². The van der Waals surface area contributed by atoms with E-state index in [-0.39, 0.29) is 6.61 Å². The van der Waals surface area contributed by atoms with Gasteiger partial charge in [-0.1, -0.05) is 17.7 Å². The Morgan fingerprint density at radius 2 is 2.33 bits per heavy atom. The number of aromatic nitrogens is 1. The zero-order valence-electron chi connectivity index (χ0n) is 8.56. The molecule has 0 atom stereocenters. The van der Waals surface area contributed by atoms with E-state index in [9.17, 15) is 0 Å². The van der Waals surface area contributed by atoms with Gasteiger partial charge in [-0.25, -0.2) is 0 Å². The third kappa shape index (κ3) is 4.42. The van der Waals surface area contributed by atoms with Crippen molar-refractivity contribution in [2.24, 2.45) is 0 Å². The molecular weight excluding hydrogens is 212 g/mol. The number of hydrogen-bond acceptors (Lipinski definition) is 3. The fourth-order valence-corrected chi connectivity index (χ4v) is 1.40. The first kappa shape index (κ1) is 12.2. The van der Waals surface area contributed by atoms with Crippen molar-refractivity contribution >= 4 is 11.6 Å². The van der Waals surface area contributed by atoms with Crippen molar-refractivity contribution in [2.75, 3.05) is 19.7 Å². The molecule has 1 N–H and O–H groups in total. The minimum atomic E-state index is 0.140. The summed E-state index contributed by atoms with van der Waals surface area (Å²) in [6, 6.07) is 3.70. The van der Waals surface area contributed by atoms with Gasteiger partial charge in [-0.15, -0.1) is 6.58 Å². The predicted octanol–water partition coefficient (Wildman–Crippen LogP) is 1.72. The van der Waals surface area contributed by atoms with Crippen LogP contribution >= 0.6 is 11.6 Å². The number of aliphatic hydroxyl groups is 1. The van der Waals surface area contributed by atoms with Gasteiger partial charge in [0.1, 0.15) is 0 Å². The second-order valence-corrected chi connectivity index (χ2v) is 3.65. The maximum Gasteiger partial charge on any atom is 0.0589 e. The van der Waals surface area contributed by atoms with Crippen LogP contribution in [-0.4, -0.2) is 34.7 Å². The fraction of sp³-hybridized carbons (Fsp3) is 0.364. The summed E-state index contributed by atoms with van der Waals surface area (Å²) in [4.78, 5) is 6.25. The Morgan fingerprint density at radius 1 is 1.53 bits per heavy atom. The molecule has 3 nitrogen and oxygen atoms in total. The van der Waals surface area contributed by atoms with E-state index < -0.39 is 0 Å². The molecule has 0 saturated heterocycles. The summed E-state index contributed by atoms with van der Waals surface area (Å²) >= 11 is 5.74. The number of nitrogens with zero attached hydrogens (tertiary/aromatic N) is 2. The Labute approximate surface area is 95.0 Å². The molecule has 0 saturated carbocycles. The highest BCUT2D eigenvalue weighted by Crippen LogP contribution is 2.08. The Hall–Kier alpha value is -0.900. The minimum Gasteiger partial charge on any atom is -0.395 e. The smallest absolute Gasteiger partial charge is 0.0589 e. The summed E-state index contributed by atoms with van der Waals surface area (Å²) < 4.78 is 0. The highest BCUT2D eigenvalue weighted by atomic mass is 35.5. The summed E-state index contributed by atoms with van der Waals surface area (Å²) in [6.45, 7) is 5.87. The van der Waals surface area contributed by atoms with Crippen LogP contribution in [0.4, 0.5) is 0 Å². The van der Waals surface area contributed by atoms with Gasteiger partial charge in [0.2, 0.25) is 0 Å². The molecule has 1 rings (SSSR count). The average Bonchev–Trinajstić information content (AvgIpc) is 2.22. The SMILES string of the molecule is C=CCN(CCO)Cc1ccc(Cl)cn1. The van der Waals surface area contributed by atoms with E-state index in [2.05, 4.69) is 16.5 Å². The van der Waals surface area contributed by atoms with Gasteiger partial charge in [0.05, 0.1) is 17.3 Å². The van der Waals surface area contributed by atoms with Gasteiger partial charge in [-0.3, -0.25) is 9.88 Å². The van der Waals surface area contributed by atoms with E-state index in [1.165, 1.54) is 0 Å². The van der Waals surface area contributed by atoms with Crippen LogP contribution in [0.2, 0.25) is 5.02 Å². The van der Waals surface area contributed by atoms with E-state index in [1.807, 2.05) is 18.2 Å². The van der Waals surface area contributed by atoms with E-state index in [0.717, 1.165) is 12.2 Å². The normalized spacial score (nSPS) is 10.6. The van der Waals surface area contributed by atoms with E-state index >= 15 is 0 Å². The first-order valence-corrected chi connectivity index (χ1v) is 5.18. The third-order valence-corrected chi connectivity index (χ3v) is 2.20.